The van der Waals surface area contributed by atoms with Crippen LogP contribution in [0.4, 0.5) is 5.69 Å². The minimum Gasteiger partial charge on any atom is -0.396 e. The Morgan fingerprint density at radius 1 is 1.39 bits per heavy atom. The molecule has 98 valence electrons. The Kier molecular flexibility index (Phi) is 4.73. The van der Waals surface area contributed by atoms with Crippen molar-refractivity contribution >= 4 is 11.6 Å². The highest BCUT2D eigenvalue weighted by molar-refractivity contribution is 5.94. The van der Waals surface area contributed by atoms with Gasteiger partial charge in [0.25, 0.3) is 0 Å². The molecule has 0 spiro atoms. The maximum atomic E-state index is 12.2. The maximum absolute atomic E-state index is 12.2. The summed E-state index contributed by atoms with van der Waals surface area (Å²) in [5.74, 6) is 0.0663. The van der Waals surface area contributed by atoms with Crippen molar-refractivity contribution in [3.8, 4) is 0 Å². The van der Waals surface area contributed by atoms with E-state index in [0.29, 0.717) is 0 Å². The second kappa shape index (κ2) is 6.52. The minimum atomic E-state index is -0.0447. The summed E-state index contributed by atoms with van der Waals surface area (Å²) in [5, 5.41) is 11.8. The van der Waals surface area contributed by atoms with Crippen LogP contribution in [0.3, 0.4) is 0 Å². The summed E-state index contributed by atoms with van der Waals surface area (Å²) in [6.07, 6.45) is 2.69. The lowest BCUT2D eigenvalue weighted by Gasteiger charge is -2.23. The number of aliphatic hydroxyl groups excluding tert-OH is 1. The van der Waals surface area contributed by atoms with E-state index in [1.54, 1.807) is 0 Å². The molecular formula is C14H20N2O2. The summed E-state index contributed by atoms with van der Waals surface area (Å²) in [6, 6.07) is 9.49. The molecule has 1 amide bonds. The minimum absolute atomic E-state index is 0.0447. The van der Waals surface area contributed by atoms with Crippen LogP contribution in [0.25, 0.3) is 0 Å². The predicted molar refractivity (Wildman–Crippen MR) is 71.4 cm³/mol. The van der Waals surface area contributed by atoms with E-state index in [1.807, 2.05) is 30.3 Å². The smallest absolute Gasteiger partial charge is 0.241 e. The molecule has 2 N–H and O–H groups in total. The van der Waals surface area contributed by atoms with Gasteiger partial charge in [0.2, 0.25) is 5.91 Å². The summed E-state index contributed by atoms with van der Waals surface area (Å²) in [4.78, 5) is 14.3. The predicted octanol–water partition coefficient (Wildman–Crippen LogP) is 1.47. The molecule has 0 bridgehead atoms. The third-order valence-corrected chi connectivity index (χ3v) is 3.31. The number of nitrogens with zero attached hydrogens (tertiary/aromatic N) is 1. The van der Waals surface area contributed by atoms with Crippen LogP contribution >= 0.6 is 0 Å². The first kappa shape index (κ1) is 13.1. The van der Waals surface area contributed by atoms with Gasteiger partial charge in [0.15, 0.2) is 0 Å². The zero-order chi connectivity index (χ0) is 12.8. The van der Waals surface area contributed by atoms with Crippen LogP contribution < -0.4 is 5.32 Å². The highest BCUT2D eigenvalue weighted by Crippen LogP contribution is 2.19. The van der Waals surface area contributed by atoms with Crippen LogP contribution in [0.15, 0.2) is 30.3 Å². The molecule has 1 atom stereocenters. The van der Waals surface area contributed by atoms with Gasteiger partial charge in [-0.3, -0.25) is 9.69 Å². The fraction of sp³-hybridized carbons (Fsp3) is 0.500. The third kappa shape index (κ3) is 3.31. The molecule has 1 aliphatic heterocycles. The van der Waals surface area contributed by atoms with Crippen LogP contribution in [0, 0.1) is 0 Å². The average molecular weight is 248 g/mol. The molecule has 4 nitrogen and oxygen atoms in total. The summed E-state index contributed by atoms with van der Waals surface area (Å²) < 4.78 is 0. The Bertz CT molecular complexity index is 381. The van der Waals surface area contributed by atoms with Crippen LogP contribution in [-0.4, -0.2) is 41.7 Å². The number of likely N-dealkylation sites (tertiary alicyclic amines) is 1. The number of rotatable bonds is 5. The largest absolute Gasteiger partial charge is 0.396 e. The Morgan fingerprint density at radius 3 is 2.89 bits per heavy atom. The molecule has 0 aromatic heterocycles. The van der Waals surface area contributed by atoms with Crippen molar-refractivity contribution in [1.29, 1.82) is 0 Å². The van der Waals surface area contributed by atoms with Gasteiger partial charge in [0.1, 0.15) is 0 Å². The number of benzene rings is 1. The molecule has 0 aliphatic carbocycles. The van der Waals surface area contributed by atoms with Gasteiger partial charge in [0.05, 0.1) is 6.04 Å². The highest BCUT2D eigenvalue weighted by atomic mass is 16.3. The Balaban J connectivity index is 1.91. The molecule has 0 radical (unpaired) electrons. The second-order valence-electron chi connectivity index (χ2n) is 4.63. The zero-order valence-corrected chi connectivity index (χ0v) is 10.5. The van der Waals surface area contributed by atoms with Crippen molar-refractivity contribution in [3.63, 3.8) is 0 Å². The summed E-state index contributed by atoms with van der Waals surface area (Å²) >= 11 is 0. The SMILES string of the molecule is O=C(Nc1ccccc1)[C@H]1CCCN1CCCO. The molecule has 1 aromatic rings. The Morgan fingerprint density at radius 2 is 2.17 bits per heavy atom. The van der Waals surface area contributed by atoms with Crippen molar-refractivity contribution in [2.24, 2.45) is 0 Å². The standard InChI is InChI=1S/C14H20N2O2/c17-11-5-10-16-9-4-8-13(16)14(18)15-12-6-2-1-3-7-12/h1-3,6-7,13,17H,4-5,8-11H2,(H,15,18)/t13-/m1/s1. The fourth-order valence-electron chi connectivity index (χ4n) is 2.41. The summed E-state index contributed by atoms with van der Waals surface area (Å²) in [7, 11) is 0. The first-order valence-electron chi connectivity index (χ1n) is 6.52. The van der Waals surface area contributed by atoms with Crippen LogP contribution in [-0.2, 0) is 4.79 Å². The number of carbonyl (C=O) groups is 1. The van der Waals surface area contributed by atoms with E-state index in [-0.39, 0.29) is 18.6 Å². The quantitative estimate of drug-likeness (QED) is 0.829. The van der Waals surface area contributed by atoms with Crippen LogP contribution in [0.1, 0.15) is 19.3 Å². The Hall–Kier alpha value is -1.39. The molecule has 4 heteroatoms. The lowest BCUT2D eigenvalue weighted by Crippen LogP contribution is -2.40. The van der Waals surface area contributed by atoms with Gasteiger partial charge < -0.3 is 10.4 Å². The van der Waals surface area contributed by atoms with Gasteiger partial charge in [-0.15, -0.1) is 0 Å². The molecule has 2 rings (SSSR count). The van der Waals surface area contributed by atoms with Crippen molar-refractivity contribution < 1.29 is 9.90 Å². The van der Waals surface area contributed by atoms with Crippen molar-refractivity contribution in [2.45, 2.75) is 25.3 Å². The number of aliphatic hydroxyl groups is 1. The number of hydrogen-bond acceptors (Lipinski definition) is 3. The van der Waals surface area contributed by atoms with Crippen LogP contribution in [0.5, 0.6) is 0 Å². The number of carbonyl (C=O) groups excluding carboxylic acids is 1. The molecule has 1 aliphatic rings. The Labute approximate surface area is 108 Å². The van der Waals surface area contributed by atoms with E-state index < -0.39 is 0 Å². The van der Waals surface area contributed by atoms with Gasteiger partial charge in [-0.1, -0.05) is 18.2 Å². The van der Waals surface area contributed by atoms with Gasteiger partial charge in [-0.2, -0.15) is 0 Å². The maximum Gasteiger partial charge on any atom is 0.241 e. The number of anilines is 1. The van der Waals surface area contributed by atoms with Crippen molar-refractivity contribution in [1.82, 2.24) is 4.90 Å². The van der Waals surface area contributed by atoms with Gasteiger partial charge in [-0.25, -0.2) is 0 Å². The molecule has 18 heavy (non-hydrogen) atoms. The summed E-state index contributed by atoms with van der Waals surface area (Å²) in [6.45, 7) is 1.93. The zero-order valence-electron chi connectivity index (χ0n) is 10.5. The summed E-state index contributed by atoms with van der Waals surface area (Å²) in [5.41, 5.74) is 0.844. The van der Waals surface area contributed by atoms with E-state index in [4.69, 9.17) is 5.11 Å². The molecule has 1 heterocycles. The molecule has 0 unspecified atom stereocenters. The molecule has 1 aromatic carbocycles. The lowest BCUT2D eigenvalue weighted by molar-refractivity contribution is -0.120. The lowest BCUT2D eigenvalue weighted by atomic mass is 10.2. The fourth-order valence-corrected chi connectivity index (χ4v) is 2.41. The van der Waals surface area contributed by atoms with E-state index in [0.717, 1.165) is 38.0 Å². The number of hydrogen-bond donors (Lipinski definition) is 2. The number of nitrogens with one attached hydrogen (secondary N) is 1. The monoisotopic (exact) mass is 248 g/mol. The van der Waals surface area contributed by atoms with E-state index >= 15 is 0 Å². The van der Waals surface area contributed by atoms with Crippen LogP contribution in [0.2, 0.25) is 0 Å². The van der Waals surface area contributed by atoms with Gasteiger partial charge in [-0.05, 0) is 37.9 Å². The van der Waals surface area contributed by atoms with E-state index in [9.17, 15) is 4.79 Å². The first-order valence-corrected chi connectivity index (χ1v) is 6.52. The van der Waals surface area contributed by atoms with Gasteiger partial charge >= 0.3 is 0 Å². The topological polar surface area (TPSA) is 52.6 Å². The number of para-hydroxylation sites is 1. The normalized spacial score (nSPS) is 19.9. The van der Waals surface area contributed by atoms with Crippen molar-refractivity contribution in [3.05, 3.63) is 30.3 Å². The molecule has 1 fully saturated rings. The molecular weight excluding hydrogens is 228 g/mol. The molecule has 1 saturated heterocycles. The number of amides is 1. The third-order valence-electron chi connectivity index (χ3n) is 3.31. The van der Waals surface area contributed by atoms with E-state index in [2.05, 4.69) is 10.2 Å². The average Bonchev–Trinajstić information content (AvgIpc) is 2.86. The van der Waals surface area contributed by atoms with Crippen molar-refractivity contribution in [2.75, 3.05) is 25.0 Å². The van der Waals surface area contributed by atoms with E-state index in [1.165, 1.54) is 0 Å². The highest BCUT2D eigenvalue weighted by Gasteiger charge is 2.29. The molecule has 0 saturated carbocycles. The second-order valence-corrected chi connectivity index (χ2v) is 4.63. The van der Waals surface area contributed by atoms with Gasteiger partial charge in [0, 0.05) is 18.8 Å². The first-order chi connectivity index (χ1) is 8.81.